The van der Waals surface area contributed by atoms with Crippen LogP contribution in [0, 0.1) is 0 Å². The van der Waals surface area contributed by atoms with Gasteiger partial charge in [0.15, 0.2) is 25.2 Å². The quantitative estimate of drug-likeness (QED) is 0.132. The van der Waals surface area contributed by atoms with Gasteiger partial charge in [0, 0.05) is 52.9 Å². The van der Waals surface area contributed by atoms with Crippen LogP contribution in [0.5, 0.6) is 0 Å². The van der Waals surface area contributed by atoms with Crippen molar-refractivity contribution in [2.24, 2.45) is 0 Å². The maximum absolute atomic E-state index is 6.01. The van der Waals surface area contributed by atoms with Crippen LogP contribution in [-0.4, -0.2) is 78.0 Å². The van der Waals surface area contributed by atoms with Crippen molar-refractivity contribution in [2.75, 3.05) is 52.9 Å². The Morgan fingerprint density at radius 2 is 0.500 bits per heavy atom. The van der Waals surface area contributed by atoms with Crippen LogP contribution in [-0.2, 0) is 37.9 Å². The van der Waals surface area contributed by atoms with E-state index in [9.17, 15) is 0 Å². The van der Waals surface area contributed by atoms with Crippen molar-refractivity contribution in [2.45, 2.75) is 80.6 Å². The fourth-order valence-electron chi connectivity index (χ4n) is 3.48. The minimum atomic E-state index is -0.499. The zero-order chi connectivity index (χ0) is 27.9. The van der Waals surface area contributed by atoms with Crippen LogP contribution in [0.3, 0.4) is 0 Å². The van der Waals surface area contributed by atoms with Crippen LogP contribution in [0.1, 0.15) is 55.4 Å². The summed E-state index contributed by atoms with van der Waals surface area (Å²) in [7, 11) is 0. The van der Waals surface area contributed by atoms with E-state index >= 15 is 0 Å². The molecule has 8 nitrogen and oxygen atoms in total. The van der Waals surface area contributed by atoms with Gasteiger partial charge in [-0.3, -0.25) is 0 Å². The summed E-state index contributed by atoms with van der Waals surface area (Å²) in [6.45, 7) is 20.0. The van der Waals surface area contributed by atoms with Gasteiger partial charge in [-0.1, -0.05) is 47.0 Å². The van der Waals surface area contributed by atoms with Crippen LogP contribution in [0.25, 0.3) is 0 Å². The minimum absolute atomic E-state index is 0.499. The number of ether oxygens (including phenoxy) is 8. The van der Waals surface area contributed by atoms with Crippen LogP contribution in [0.15, 0.2) is 28.1 Å². The molecule has 0 bridgehead atoms. The summed E-state index contributed by atoms with van der Waals surface area (Å²) < 4.78 is 50.3. The molecule has 0 atom stereocenters. The van der Waals surface area contributed by atoms with Crippen LogP contribution >= 0.6 is 47.0 Å². The van der Waals surface area contributed by atoms with Crippen molar-refractivity contribution < 1.29 is 37.9 Å². The zero-order valence-corrected chi connectivity index (χ0v) is 27.1. The van der Waals surface area contributed by atoms with E-state index in [1.54, 1.807) is 47.0 Å². The molecule has 0 N–H and O–H groups in total. The van der Waals surface area contributed by atoms with Crippen molar-refractivity contribution in [3.8, 4) is 0 Å². The molecule has 12 heteroatoms. The van der Waals surface area contributed by atoms with E-state index in [1.165, 1.54) is 0 Å². The topological polar surface area (TPSA) is 73.8 Å². The van der Waals surface area contributed by atoms with Crippen LogP contribution in [0.2, 0.25) is 0 Å². The predicted octanol–water partition coefficient (Wildman–Crippen LogP) is 7.09. The first kappa shape index (κ1) is 34.5. The summed E-state index contributed by atoms with van der Waals surface area (Å²) in [4.78, 5) is 3.84. The zero-order valence-electron chi connectivity index (χ0n) is 23.9. The van der Waals surface area contributed by atoms with Gasteiger partial charge in [0.1, 0.15) is 0 Å². The molecular weight excluding hydrogens is 569 g/mol. The van der Waals surface area contributed by atoms with E-state index in [2.05, 4.69) is 0 Å². The lowest BCUT2D eigenvalue weighted by molar-refractivity contribution is -0.118. The average molecular weight is 613 g/mol. The Hall–Kier alpha value is 0.300. The first-order valence-corrected chi connectivity index (χ1v) is 16.7. The van der Waals surface area contributed by atoms with Gasteiger partial charge in [0.2, 0.25) is 0 Å². The van der Waals surface area contributed by atoms with Gasteiger partial charge in [-0.25, -0.2) is 0 Å². The molecular formula is C26H44O8S4. The number of thioether (sulfide) groups is 4. The van der Waals surface area contributed by atoms with Crippen molar-refractivity contribution >= 4 is 47.0 Å². The lowest BCUT2D eigenvalue weighted by Crippen LogP contribution is -2.24. The second-order valence-electron chi connectivity index (χ2n) is 7.41. The van der Waals surface area contributed by atoms with Crippen molar-refractivity contribution in [3.05, 3.63) is 28.1 Å². The van der Waals surface area contributed by atoms with Crippen LogP contribution < -0.4 is 0 Å². The SMILES string of the molecule is CCOC(OCC)C1=C(C(OCC)OCC)SC(=C2SC(C(OCC)OCC)=C(C(OCC)OCC)S2)S1. The second-order valence-corrected chi connectivity index (χ2v) is 12.1. The van der Waals surface area contributed by atoms with E-state index < -0.39 is 25.2 Å². The molecule has 2 heterocycles. The van der Waals surface area contributed by atoms with Gasteiger partial charge in [0.05, 0.1) is 28.1 Å². The highest BCUT2D eigenvalue weighted by molar-refractivity contribution is 8.34. The maximum atomic E-state index is 6.01. The molecule has 0 aliphatic carbocycles. The summed E-state index contributed by atoms with van der Waals surface area (Å²) in [5.74, 6) is 0. The molecule has 0 aromatic rings. The lowest BCUT2D eigenvalue weighted by Gasteiger charge is -2.22. The smallest absolute Gasteiger partial charge is 0.190 e. The van der Waals surface area contributed by atoms with E-state index in [0.29, 0.717) is 52.9 Å². The molecule has 0 saturated heterocycles. The largest absolute Gasteiger partial charge is 0.348 e. The molecule has 0 spiro atoms. The average Bonchev–Trinajstić information content (AvgIpc) is 3.53. The molecule has 2 aliphatic rings. The fourth-order valence-corrected chi connectivity index (χ4v) is 9.23. The van der Waals surface area contributed by atoms with E-state index in [-0.39, 0.29) is 0 Å². The third-order valence-corrected chi connectivity index (χ3v) is 10.7. The highest BCUT2D eigenvalue weighted by Crippen LogP contribution is 2.62. The van der Waals surface area contributed by atoms with E-state index in [0.717, 1.165) is 28.1 Å². The van der Waals surface area contributed by atoms with Gasteiger partial charge in [-0.2, -0.15) is 0 Å². The Morgan fingerprint density at radius 1 is 0.342 bits per heavy atom. The molecule has 0 aromatic heterocycles. The number of hydrogen-bond donors (Lipinski definition) is 0. The summed E-state index contributed by atoms with van der Waals surface area (Å²) in [6, 6.07) is 0. The first-order valence-electron chi connectivity index (χ1n) is 13.4. The maximum Gasteiger partial charge on any atom is 0.190 e. The summed E-state index contributed by atoms with van der Waals surface area (Å²) in [5.41, 5.74) is 0. The summed E-state index contributed by atoms with van der Waals surface area (Å²) in [6.07, 6.45) is -1.99. The van der Waals surface area contributed by atoms with Gasteiger partial charge in [0.25, 0.3) is 0 Å². The van der Waals surface area contributed by atoms with Crippen molar-refractivity contribution in [1.29, 1.82) is 0 Å². The van der Waals surface area contributed by atoms with E-state index in [1.807, 2.05) is 55.4 Å². The molecule has 220 valence electrons. The third-order valence-electron chi connectivity index (χ3n) is 4.86. The van der Waals surface area contributed by atoms with Gasteiger partial charge in [-0.15, -0.1) is 0 Å². The highest BCUT2D eigenvalue weighted by Gasteiger charge is 2.40. The highest BCUT2D eigenvalue weighted by atomic mass is 32.2. The van der Waals surface area contributed by atoms with Gasteiger partial charge >= 0.3 is 0 Å². The van der Waals surface area contributed by atoms with Gasteiger partial charge < -0.3 is 37.9 Å². The molecule has 38 heavy (non-hydrogen) atoms. The standard InChI is InChI=1S/C26H44O8S4/c1-9-27-21(28-10-2)17-18(22(29-11-3)30-12-4)36-25(35-17)26-37-19(23(31-13-5)32-14-6)20(38-26)24(33-15-7)34-16-8/h21-24H,9-16H2,1-8H3. The first-order chi connectivity index (χ1) is 18.5. The Labute approximate surface area is 245 Å². The normalized spacial score (nSPS) is 16.7. The molecule has 0 aromatic carbocycles. The second kappa shape index (κ2) is 19.4. The predicted molar refractivity (Wildman–Crippen MR) is 160 cm³/mol. The van der Waals surface area contributed by atoms with E-state index in [4.69, 9.17) is 37.9 Å². The van der Waals surface area contributed by atoms with Crippen LogP contribution in [0.4, 0.5) is 0 Å². The Kier molecular flexibility index (Phi) is 17.6. The molecule has 0 saturated carbocycles. The summed E-state index contributed by atoms with van der Waals surface area (Å²) in [5, 5.41) is 0. The third kappa shape index (κ3) is 9.70. The minimum Gasteiger partial charge on any atom is -0.348 e. The van der Waals surface area contributed by atoms with Crippen molar-refractivity contribution in [1.82, 2.24) is 0 Å². The molecule has 0 amide bonds. The molecule has 2 rings (SSSR count). The number of rotatable bonds is 20. The Morgan fingerprint density at radius 3 is 0.632 bits per heavy atom. The lowest BCUT2D eigenvalue weighted by atomic mass is 10.4. The Balaban J connectivity index is 2.50. The molecule has 0 radical (unpaired) electrons. The monoisotopic (exact) mass is 612 g/mol. The molecule has 0 fully saturated rings. The fraction of sp³-hybridized carbons (Fsp3) is 0.769. The summed E-state index contributed by atoms with van der Waals surface area (Å²) >= 11 is 6.58. The Bertz CT molecular complexity index is 656. The molecule has 2 aliphatic heterocycles. The van der Waals surface area contributed by atoms with Gasteiger partial charge in [-0.05, 0) is 55.4 Å². The van der Waals surface area contributed by atoms with Crippen molar-refractivity contribution in [3.63, 3.8) is 0 Å². The number of hydrogen-bond acceptors (Lipinski definition) is 12. The molecule has 0 unspecified atom stereocenters.